The molecule has 0 amide bonds. The van der Waals surface area contributed by atoms with E-state index in [2.05, 4.69) is 0 Å². The van der Waals surface area contributed by atoms with Crippen molar-refractivity contribution < 1.29 is 8.42 Å². The van der Waals surface area contributed by atoms with Crippen molar-refractivity contribution in [3.05, 3.63) is 41.0 Å². The normalized spacial score (nSPS) is 21.0. The first-order valence-electron chi connectivity index (χ1n) is 7.84. The van der Waals surface area contributed by atoms with Crippen LogP contribution in [0, 0.1) is 6.92 Å². The third kappa shape index (κ3) is 3.06. The van der Waals surface area contributed by atoms with Crippen LogP contribution in [0.2, 0.25) is 0 Å². The number of hydrogen-bond donors (Lipinski definition) is 0. The lowest BCUT2D eigenvalue weighted by molar-refractivity contribution is 0.481. The molecule has 0 aromatic heterocycles. The summed E-state index contributed by atoms with van der Waals surface area (Å²) in [6.45, 7) is 3.21. The van der Waals surface area contributed by atoms with E-state index in [0.29, 0.717) is 18.0 Å². The second-order valence-corrected chi connectivity index (χ2v) is 8.11. The van der Waals surface area contributed by atoms with Gasteiger partial charge in [0.05, 0.1) is 4.90 Å². The number of sulfonamides is 1. The van der Waals surface area contributed by atoms with E-state index in [4.69, 9.17) is 0 Å². The Morgan fingerprint density at radius 2 is 1.57 bits per heavy atom. The minimum Gasteiger partial charge on any atom is -0.207 e. The lowest BCUT2D eigenvalue weighted by Gasteiger charge is -2.18. The van der Waals surface area contributed by atoms with Gasteiger partial charge in [0.15, 0.2) is 0 Å². The summed E-state index contributed by atoms with van der Waals surface area (Å²) in [6, 6.07) is 7.17. The number of aryl methyl sites for hydroxylation is 1. The first kappa shape index (κ1) is 14.8. The van der Waals surface area contributed by atoms with E-state index >= 15 is 0 Å². The Balaban J connectivity index is 1.80. The molecule has 0 unspecified atom stereocenters. The molecule has 0 radical (unpaired) electrons. The zero-order valence-corrected chi connectivity index (χ0v) is 13.5. The Hall–Kier alpha value is -1.13. The Bertz CT molecular complexity index is 636. The van der Waals surface area contributed by atoms with Crippen LogP contribution in [0.3, 0.4) is 0 Å². The lowest BCUT2D eigenvalue weighted by Crippen LogP contribution is -2.28. The van der Waals surface area contributed by atoms with Gasteiger partial charge in [0.25, 0.3) is 0 Å². The maximum absolute atomic E-state index is 12.7. The van der Waals surface area contributed by atoms with E-state index < -0.39 is 10.0 Å². The zero-order valence-electron chi connectivity index (χ0n) is 12.6. The smallest absolute Gasteiger partial charge is 0.207 e. The fourth-order valence-electron chi connectivity index (χ4n) is 3.32. The van der Waals surface area contributed by atoms with Gasteiger partial charge in [-0.25, -0.2) is 8.42 Å². The van der Waals surface area contributed by atoms with Crippen molar-refractivity contribution in [3.63, 3.8) is 0 Å². The molecule has 3 rings (SSSR count). The summed E-state index contributed by atoms with van der Waals surface area (Å²) in [5.41, 5.74) is 3.99. The van der Waals surface area contributed by atoms with Crippen LogP contribution in [0.25, 0.3) is 0 Å². The average Bonchev–Trinajstić information content (AvgIpc) is 2.99. The van der Waals surface area contributed by atoms with Crippen molar-refractivity contribution in [2.45, 2.75) is 50.3 Å². The molecular formula is C17H23NO2S. The molecule has 2 aliphatic rings. The molecule has 0 bridgehead atoms. The largest absolute Gasteiger partial charge is 0.243 e. The molecule has 0 N–H and O–H groups in total. The minimum atomic E-state index is -3.33. The van der Waals surface area contributed by atoms with Crippen LogP contribution < -0.4 is 0 Å². The molecular weight excluding hydrogens is 282 g/mol. The maximum Gasteiger partial charge on any atom is 0.243 e. The molecule has 1 saturated heterocycles. The summed E-state index contributed by atoms with van der Waals surface area (Å²) < 4.78 is 27.0. The van der Waals surface area contributed by atoms with Crippen LogP contribution in [0.5, 0.6) is 0 Å². The van der Waals surface area contributed by atoms with E-state index in [1.165, 1.54) is 43.3 Å². The topological polar surface area (TPSA) is 37.4 Å². The molecule has 1 heterocycles. The summed E-state index contributed by atoms with van der Waals surface area (Å²) in [6.07, 6.45) is 7.12. The Labute approximate surface area is 127 Å². The molecule has 1 saturated carbocycles. The van der Waals surface area contributed by atoms with E-state index in [9.17, 15) is 8.42 Å². The van der Waals surface area contributed by atoms with Crippen molar-refractivity contribution in [1.82, 2.24) is 4.31 Å². The van der Waals surface area contributed by atoms with Crippen LogP contribution >= 0.6 is 0 Å². The van der Waals surface area contributed by atoms with Gasteiger partial charge in [-0.3, -0.25) is 0 Å². The fourth-order valence-corrected chi connectivity index (χ4v) is 4.75. The molecule has 3 nitrogen and oxygen atoms in total. The van der Waals surface area contributed by atoms with Gasteiger partial charge in [0.1, 0.15) is 0 Å². The van der Waals surface area contributed by atoms with Gasteiger partial charge in [0.2, 0.25) is 10.0 Å². The van der Waals surface area contributed by atoms with E-state index in [0.717, 1.165) is 12.0 Å². The van der Waals surface area contributed by atoms with Gasteiger partial charge >= 0.3 is 0 Å². The van der Waals surface area contributed by atoms with Gasteiger partial charge in [-0.1, -0.05) is 35.3 Å². The van der Waals surface area contributed by atoms with Crippen molar-refractivity contribution in [1.29, 1.82) is 0 Å². The Morgan fingerprint density at radius 1 is 0.905 bits per heavy atom. The van der Waals surface area contributed by atoms with Crippen molar-refractivity contribution in [2.24, 2.45) is 0 Å². The Morgan fingerprint density at radius 3 is 2.24 bits per heavy atom. The summed E-state index contributed by atoms with van der Waals surface area (Å²) >= 11 is 0. The number of nitrogens with zero attached hydrogens (tertiary/aromatic N) is 1. The van der Waals surface area contributed by atoms with E-state index in [1.54, 1.807) is 16.4 Å². The number of hydrogen-bond acceptors (Lipinski definition) is 2. The first-order chi connectivity index (χ1) is 10.1. The molecule has 0 spiro atoms. The molecule has 4 heteroatoms. The highest BCUT2D eigenvalue weighted by Gasteiger charge is 2.30. The van der Waals surface area contributed by atoms with E-state index in [-0.39, 0.29) is 0 Å². The molecule has 1 aliphatic heterocycles. The molecule has 21 heavy (non-hydrogen) atoms. The maximum atomic E-state index is 12.7. The third-order valence-corrected chi connectivity index (χ3v) is 6.51. The number of rotatable bonds is 2. The van der Waals surface area contributed by atoms with Crippen LogP contribution in [0.4, 0.5) is 0 Å². The Kier molecular flexibility index (Phi) is 4.18. The van der Waals surface area contributed by atoms with Crippen molar-refractivity contribution in [2.75, 3.05) is 13.1 Å². The van der Waals surface area contributed by atoms with Crippen LogP contribution in [-0.4, -0.2) is 25.8 Å². The fraction of sp³-hybridized carbons (Fsp3) is 0.529. The van der Waals surface area contributed by atoms with Gasteiger partial charge in [-0.15, -0.1) is 0 Å². The highest BCUT2D eigenvalue weighted by atomic mass is 32.2. The monoisotopic (exact) mass is 305 g/mol. The van der Waals surface area contributed by atoms with E-state index in [1.807, 2.05) is 19.1 Å². The quantitative estimate of drug-likeness (QED) is 0.782. The van der Waals surface area contributed by atoms with Gasteiger partial charge in [-0.05, 0) is 51.2 Å². The summed E-state index contributed by atoms with van der Waals surface area (Å²) in [4.78, 5) is 0.419. The van der Waals surface area contributed by atoms with Crippen LogP contribution in [0.15, 0.2) is 40.3 Å². The van der Waals surface area contributed by atoms with Crippen LogP contribution in [0.1, 0.15) is 44.1 Å². The molecule has 1 aromatic rings. The molecule has 2 fully saturated rings. The summed E-state index contributed by atoms with van der Waals surface area (Å²) in [7, 11) is -3.33. The zero-order chi connectivity index (χ0) is 14.9. The number of benzene rings is 1. The lowest BCUT2D eigenvalue weighted by atomic mass is 9.91. The molecule has 0 atom stereocenters. The van der Waals surface area contributed by atoms with Crippen molar-refractivity contribution in [3.8, 4) is 0 Å². The van der Waals surface area contributed by atoms with Gasteiger partial charge in [0, 0.05) is 13.1 Å². The predicted molar refractivity (Wildman–Crippen MR) is 84.7 cm³/mol. The summed E-state index contributed by atoms with van der Waals surface area (Å²) in [5, 5.41) is 0. The first-order valence-corrected chi connectivity index (χ1v) is 9.28. The standard InChI is InChI=1S/C17H23NO2S/c1-14-7-9-17(10-8-14)21(19,20)18-12-11-16(13-18)15-5-3-2-4-6-15/h7-10H,2-6,11-13H2,1H3. The second kappa shape index (κ2) is 5.93. The second-order valence-electron chi connectivity index (χ2n) is 6.17. The van der Waals surface area contributed by atoms with Gasteiger partial charge < -0.3 is 0 Å². The SMILES string of the molecule is Cc1ccc(S(=O)(=O)N2CCC(=C3CCCCC3)C2)cc1. The average molecular weight is 305 g/mol. The number of allylic oxidation sites excluding steroid dienone is 1. The third-order valence-electron chi connectivity index (χ3n) is 4.65. The van der Waals surface area contributed by atoms with Crippen molar-refractivity contribution >= 4 is 10.0 Å². The highest BCUT2D eigenvalue weighted by Crippen LogP contribution is 2.32. The molecule has 114 valence electrons. The summed E-state index contributed by atoms with van der Waals surface area (Å²) in [5.74, 6) is 0. The molecule has 1 aromatic carbocycles. The molecule has 1 aliphatic carbocycles. The predicted octanol–water partition coefficient (Wildman–Crippen LogP) is 3.65. The highest BCUT2D eigenvalue weighted by molar-refractivity contribution is 7.89. The van der Waals surface area contributed by atoms with Crippen LogP contribution in [-0.2, 0) is 10.0 Å². The minimum absolute atomic E-state index is 0.419. The van der Waals surface area contributed by atoms with Gasteiger partial charge in [-0.2, -0.15) is 4.31 Å².